The van der Waals surface area contributed by atoms with E-state index >= 15 is 0 Å². The molecule has 6 nitrogen and oxygen atoms in total. The number of nitrogens with zero attached hydrogens (tertiary/aromatic N) is 2. The van der Waals surface area contributed by atoms with Crippen LogP contribution in [0.4, 0.5) is 34.1 Å². The minimum absolute atomic E-state index is 0.779. The first-order valence-corrected chi connectivity index (χ1v) is 27.9. The number of hydrogen-bond donors (Lipinski definition) is 0. The molecule has 0 radical (unpaired) electrons. The van der Waals surface area contributed by atoms with Gasteiger partial charge in [0.15, 0.2) is 11.2 Å². The van der Waals surface area contributed by atoms with Gasteiger partial charge in [0.05, 0.1) is 11.4 Å². The Morgan fingerprint density at radius 2 is 0.622 bits per heavy atom. The summed E-state index contributed by atoms with van der Waals surface area (Å²) in [5.41, 5.74) is 19.4. The van der Waals surface area contributed by atoms with Gasteiger partial charge in [0.25, 0.3) is 0 Å². The van der Waals surface area contributed by atoms with E-state index in [0.717, 1.165) is 177 Å². The lowest BCUT2D eigenvalue weighted by molar-refractivity contribution is 0.656. The zero-order valence-corrected chi connectivity index (χ0v) is 44.8. The first-order valence-electron chi connectivity index (χ1n) is 27.9. The first-order chi connectivity index (χ1) is 40.5. The summed E-state index contributed by atoms with van der Waals surface area (Å²) in [6.45, 7) is 4.33. The molecule has 0 N–H and O–H groups in total. The zero-order valence-electron chi connectivity index (χ0n) is 44.8. The average molecular weight is 1050 g/mol. The first kappa shape index (κ1) is 46.1. The van der Waals surface area contributed by atoms with Crippen molar-refractivity contribution in [2.45, 2.75) is 13.8 Å². The number of rotatable bonds is 8. The highest BCUT2D eigenvalue weighted by Crippen LogP contribution is 2.49. The van der Waals surface area contributed by atoms with Crippen molar-refractivity contribution in [2.75, 3.05) is 9.80 Å². The van der Waals surface area contributed by atoms with Crippen molar-refractivity contribution in [2.24, 2.45) is 0 Å². The molecule has 13 aromatic carbocycles. The van der Waals surface area contributed by atoms with E-state index in [-0.39, 0.29) is 0 Å². The molecule has 0 bridgehead atoms. The molecule has 4 aromatic heterocycles. The van der Waals surface area contributed by atoms with Crippen molar-refractivity contribution in [1.82, 2.24) is 0 Å². The van der Waals surface area contributed by atoms with Gasteiger partial charge in [0.2, 0.25) is 0 Å². The Kier molecular flexibility index (Phi) is 10.0. The van der Waals surface area contributed by atoms with E-state index in [1.807, 2.05) is 12.1 Å². The highest BCUT2D eigenvalue weighted by atomic mass is 16.3. The fourth-order valence-corrected chi connectivity index (χ4v) is 12.9. The van der Waals surface area contributed by atoms with Gasteiger partial charge in [-0.05, 0) is 137 Å². The van der Waals surface area contributed by atoms with Gasteiger partial charge < -0.3 is 27.5 Å². The lowest BCUT2D eigenvalue weighted by Crippen LogP contribution is -2.11. The predicted octanol–water partition coefficient (Wildman–Crippen LogP) is 22.5. The van der Waals surface area contributed by atoms with Crippen LogP contribution in [0.25, 0.3) is 132 Å². The summed E-state index contributed by atoms with van der Waals surface area (Å²) < 4.78 is 27.6. The van der Waals surface area contributed by atoms with Crippen LogP contribution in [0.1, 0.15) is 11.1 Å². The van der Waals surface area contributed by atoms with Gasteiger partial charge >= 0.3 is 0 Å². The van der Waals surface area contributed by atoms with Crippen molar-refractivity contribution >= 4 is 143 Å². The summed E-state index contributed by atoms with van der Waals surface area (Å²) in [6.07, 6.45) is 0. The number of benzene rings is 13. The molecular formula is C76H48N2O4. The Labute approximate surface area is 470 Å². The third kappa shape index (κ3) is 7.08. The fourth-order valence-electron chi connectivity index (χ4n) is 12.9. The number of hydrogen-bond acceptors (Lipinski definition) is 6. The van der Waals surface area contributed by atoms with Crippen molar-refractivity contribution in [1.29, 1.82) is 0 Å². The van der Waals surface area contributed by atoms with Crippen LogP contribution in [0.2, 0.25) is 0 Å². The predicted molar refractivity (Wildman–Crippen MR) is 340 cm³/mol. The summed E-state index contributed by atoms with van der Waals surface area (Å²) in [4.78, 5) is 4.66. The molecule has 4 heterocycles. The van der Waals surface area contributed by atoms with Gasteiger partial charge in [-0.2, -0.15) is 0 Å². The summed E-state index contributed by atoms with van der Waals surface area (Å²) in [6, 6.07) is 90.5. The maximum Gasteiger partial charge on any atom is 0.159 e. The Hall–Kier alpha value is -10.8. The molecule has 0 saturated carbocycles. The third-order valence-corrected chi connectivity index (χ3v) is 16.8. The lowest BCUT2D eigenvalue weighted by Gasteiger charge is -2.27. The van der Waals surface area contributed by atoms with Crippen molar-refractivity contribution < 1.29 is 17.7 Å². The van der Waals surface area contributed by atoms with E-state index in [1.54, 1.807) is 0 Å². The average Bonchev–Trinajstić information content (AvgIpc) is 3.74. The molecule has 6 heteroatoms. The summed E-state index contributed by atoms with van der Waals surface area (Å²) >= 11 is 0. The maximum atomic E-state index is 7.00. The Morgan fingerprint density at radius 1 is 0.244 bits per heavy atom. The topological polar surface area (TPSA) is 59.0 Å². The highest BCUT2D eigenvalue weighted by molar-refractivity contribution is 6.20. The Bertz CT molecular complexity index is 5120. The molecule has 0 aliphatic heterocycles. The fraction of sp³-hybridized carbons (Fsp3) is 0.0263. The van der Waals surface area contributed by atoms with Crippen LogP contribution in [-0.4, -0.2) is 0 Å². The second-order valence-corrected chi connectivity index (χ2v) is 21.7. The summed E-state index contributed by atoms with van der Waals surface area (Å²) in [5.74, 6) is 0. The number of aryl methyl sites for hydroxylation is 2. The number of para-hydroxylation sites is 6. The lowest BCUT2D eigenvalue weighted by atomic mass is 10.0. The van der Waals surface area contributed by atoms with E-state index in [9.17, 15) is 0 Å². The molecule has 17 rings (SSSR count). The van der Waals surface area contributed by atoms with Crippen molar-refractivity contribution in [3.63, 3.8) is 0 Å². The smallest absolute Gasteiger partial charge is 0.159 e. The highest BCUT2D eigenvalue weighted by Gasteiger charge is 2.25. The van der Waals surface area contributed by atoms with E-state index in [1.165, 1.54) is 0 Å². The SMILES string of the molecule is Cc1ccccc1N(c1ccc2cc3c(cc2c1)oc1cc2oc4cc5cc(N(c6ccccc6C)c6cccc7c6oc6c(-c8ccccc8)cccc67)ccc5cc4c2cc13)c1cccc2c1oc1c(-c3ccccc3)cccc12. The Morgan fingerprint density at radius 3 is 1.07 bits per heavy atom. The molecule has 0 unspecified atom stereocenters. The molecule has 82 heavy (non-hydrogen) atoms. The van der Waals surface area contributed by atoms with Crippen LogP contribution in [0, 0.1) is 13.8 Å². The molecule has 0 aliphatic rings. The molecule has 0 atom stereocenters. The normalized spacial score (nSPS) is 12.0. The van der Waals surface area contributed by atoms with Crippen LogP contribution in [0.3, 0.4) is 0 Å². The van der Waals surface area contributed by atoms with E-state index in [2.05, 4.69) is 266 Å². The van der Waals surface area contributed by atoms with Crippen LogP contribution in [0.15, 0.2) is 272 Å². The van der Waals surface area contributed by atoms with E-state index in [4.69, 9.17) is 17.7 Å². The van der Waals surface area contributed by atoms with Crippen LogP contribution in [0.5, 0.6) is 0 Å². The van der Waals surface area contributed by atoms with Crippen molar-refractivity contribution in [3.05, 3.63) is 266 Å². The van der Waals surface area contributed by atoms with Gasteiger partial charge in [-0.25, -0.2) is 0 Å². The van der Waals surface area contributed by atoms with Gasteiger partial charge in [-0.1, -0.05) is 170 Å². The van der Waals surface area contributed by atoms with Crippen LogP contribution < -0.4 is 9.80 Å². The third-order valence-electron chi connectivity index (χ3n) is 16.8. The van der Waals surface area contributed by atoms with E-state index < -0.39 is 0 Å². The number of fused-ring (bicyclic) bond motifs is 14. The van der Waals surface area contributed by atoms with Crippen LogP contribution >= 0.6 is 0 Å². The number of anilines is 6. The molecule has 386 valence electrons. The molecule has 0 saturated heterocycles. The van der Waals surface area contributed by atoms with Crippen LogP contribution in [-0.2, 0) is 0 Å². The monoisotopic (exact) mass is 1050 g/mol. The molecule has 0 spiro atoms. The van der Waals surface area contributed by atoms with E-state index in [0.29, 0.717) is 0 Å². The standard InChI is InChI=1S/C76H48N2O4/c1-45-17-9-11-29-65(45)77(67-31-15-27-59-57-25-13-23-55(73(57)81-75(59)67)47-19-5-3-6-20-47)53-35-33-49-39-61-63-43-64-62-40-50-34-36-54(38-52(50)42-70(62)80-72(64)44-71(63)79-69(61)41-51(49)37-53)78(66-30-12-10-18-46(66)2)68-32-16-28-60-58-26-14-24-56(74(58)82-76(60)68)48-21-7-4-8-22-48/h3-44H,1-2H3. The summed E-state index contributed by atoms with van der Waals surface area (Å²) in [5, 5.41) is 12.9. The molecule has 0 amide bonds. The maximum absolute atomic E-state index is 7.00. The minimum atomic E-state index is 0.779. The molecule has 17 aromatic rings. The molecular weight excluding hydrogens is 1000 g/mol. The Balaban J connectivity index is 0.764. The van der Waals surface area contributed by atoms with Gasteiger partial charge in [0, 0.05) is 83.0 Å². The van der Waals surface area contributed by atoms with Gasteiger partial charge in [0.1, 0.15) is 33.5 Å². The number of furan rings is 4. The molecule has 0 aliphatic carbocycles. The largest absolute Gasteiger partial charge is 0.456 e. The second kappa shape index (κ2) is 17.8. The van der Waals surface area contributed by atoms with Gasteiger partial charge in [-0.3, -0.25) is 0 Å². The van der Waals surface area contributed by atoms with Crippen molar-refractivity contribution in [3.8, 4) is 22.3 Å². The van der Waals surface area contributed by atoms with Gasteiger partial charge in [-0.15, -0.1) is 0 Å². The molecule has 0 fully saturated rings. The zero-order chi connectivity index (χ0) is 54.2. The minimum Gasteiger partial charge on any atom is -0.456 e. The summed E-state index contributed by atoms with van der Waals surface area (Å²) in [7, 11) is 0. The second-order valence-electron chi connectivity index (χ2n) is 21.7. The quantitative estimate of drug-likeness (QED) is 0.151.